The first-order chi connectivity index (χ1) is 16.8. The molecular formula is C29H20F4S2. The van der Waals surface area contributed by atoms with Gasteiger partial charge in [-0.2, -0.15) is 0 Å². The van der Waals surface area contributed by atoms with E-state index < -0.39 is 0 Å². The quantitative estimate of drug-likeness (QED) is 0.209. The van der Waals surface area contributed by atoms with Crippen molar-refractivity contribution in [1.29, 1.82) is 0 Å². The van der Waals surface area contributed by atoms with Crippen LogP contribution in [0.4, 0.5) is 17.6 Å². The first kappa shape index (κ1) is 22.5. The Labute approximate surface area is 207 Å². The molecule has 6 rings (SSSR count). The highest BCUT2D eigenvalue weighted by Gasteiger charge is 2.19. The lowest BCUT2D eigenvalue weighted by atomic mass is 9.99. The van der Waals surface area contributed by atoms with Crippen molar-refractivity contribution in [2.75, 3.05) is 0 Å². The molecule has 0 bridgehead atoms. The van der Waals surface area contributed by atoms with E-state index in [-0.39, 0.29) is 23.3 Å². The Bertz CT molecular complexity index is 1820. The van der Waals surface area contributed by atoms with E-state index >= 15 is 8.78 Å². The number of benzene rings is 4. The van der Waals surface area contributed by atoms with Gasteiger partial charge in [-0.25, -0.2) is 17.6 Å². The van der Waals surface area contributed by atoms with E-state index in [0.29, 0.717) is 70.1 Å². The lowest BCUT2D eigenvalue weighted by molar-refractivity contribution is 0.609. The van der Waals surface area contributed by atoms with Gasteiger partial charge in [-0.3, -0.25) is 0 Å². The monoisotopic (exact) mass is 508 g/mol. The number of thiophene rings is 2. The van der Waals surface area contributed by atoms with Gasteiger partial charge in [-0.05, 0) is 61.4 Å². The minimum absolute atomic E-state index is 0.303. The van der Waals surface area contributed by atoms with Gasteiger partial charge < -0.3 is 0 Å². The molecule has 0 aliphatic carbocycles. The maximum absolute atomic E-state index is 15.5. The van der Waals surface area contributed by atoms with Gasteiger partial charge in [0.2, 0.25) is 0 Å². The van der Waals surface area contributed by atoms with Crippen molar-refractivity contribution >= 4 is 63.0 Å². The summed E-state index contributed by atoms with van der Waals surface area (Å²) in [6.07, 6.45) is 0.606. The van der Waals surface area contributed by atoms with Crippen LogP contribution in [0.3, 0.4) is 0 Å². The summed E-state index contributed by atoms with van der Waals surface area (Å²) in [5.74, 6) is -1.37. The molecule has 2 aromatic heterocycles. The van der Waals surface area contributed by atoms with Crippen molar-refractivity contribution in [2.24, 2.45) is 0 Å². The number of fused-ring (bicyclic) bond motifs is 6. The summed E-state index contributed by atoms with van der Waals surface area (Å²) in [4.78, 5) is 0. The van der Waals surface area contributed by atoms with Crippen molar-refractivity contribution < 1.29 is 17.6 Å². The van der Waals surface area contributed by atoms with Crippen molar-refractivity contribution in [3.05, 3.63) is 93.6 Å². The van der Waals surface area contributed by atoms with Crippen LogP contribution in [0, 0.1) is 44.0 Å². The van der Waals surface area contributed by atoms with Crippen LogP contribution >= 0.6 is 22.7 Å². The second-order valence-electron chi connectivity index (χ2n) is 9.14. The van der Waals surface area contributed by atoms with E-state index in [0.717, 1.165) is 33.6 Å². The summed E-state index contributed by atoms with van der Waals surface area (Å²) in [6.45, 7) is 5.32. The second-order valence-corrected chi connectivity index (χ2v) is 11.2. The average molecular weight is 509 g/mol. The van der Waals surface area contributed by atoms with Crippen molar-refractivity contribution in [3.8, 4) is 0 Å². The summed E-state index contributed by atoms with van der Waals surface area (Å²) in [7, 11) is 0. The number of rotatable bonds is 3. The molecule has 0 aliphatic heterocycles. The van der Waals surface area contributed by atoms with E-state index in [2.05, 4.69) is 0 Å². The molecule has 0 unspecified atom stereocenters. The van der Waals surface area contributed by atoms with Crippen LogP contribution in [-0.4, -0.2) is 0 Å². The molecule has 0 saturated carbocycles. The first-order valence-corrected chi connectivity index (χ1v) is 13.0. The Hall–Kier alpha value is -2.96. The van der Waals surface area contributed by atoms with Crippen molar-refractivity contribution in [3.63, 3.8) is 0 Å². The third kappa shape index (κ3) is 3.30. The third-order valence-corrected chi connectivity index (χ3v) is 9.27. The van der Waals surface area contributed by atoms with Crippen LogP contribution in [0.2, 0.25) is 0 Å². The minimum Gasteiger partial charge on any atom is -0.205 e. The number of hydrogen-bond donors (Lipinski definition) is 0. The lowest BCUT2D eigenvalue weighted by Gasteiger charge is -2.07. The van der Waals surface area contributed by atoms with E-state index in [4.69, 9.17) is 0 Å². The van der Waals surface area contributed by atoms with Gasteiger partial charge in [0.05, 0.1) is 18.8 Å². The second kappa shape index (κ2) is 8.04. The highest BCUT2D eigenvalue weighted by atomic mass is 32.1. The minimum atomic E-state index is -0.378. The molecule has 4 aromatic carbocycles. The fraction of sp³-hybridized carbons (Fsp3) is 0.172. The zero-order valence-corrected chi connectivity index (χ0v) is 20.9. The van der Waals surface area contributed by atoms with Crippen molar-refractivity contribution in [2.45, 2.75) is 33.6 Å². The molecule has 2 heterocycles. The van der Waals surface area contributed by atoms with Gasteiger partial charge in [0, 0.05) is 21.5 Å². The molecular weight excluding hydrogens is 488 g/mol. The van der Waals surface area contributed by atoms with Gasteiger partial charge in [0.15, 0.2) is 0 Å². The topological polar surface area (TPSA) is 0 Å². The van der Waals surface area contributed by atoms with E-state index in [1.165, 1.54) is 0 Å². The molecule has 6 aromatic rings. The summed E-state index contributed by atoms with van der Waals surface area (Å²) >= 11 is 2.25. The molecule has 0 amide bonds. The smallest absolute Gasteiger partial charge is 0.144 e. The van der Waals surface area contributed by atoms with Gasteiger partial charge in [-0.1, -0.05) is 42.5 Å². The summed E-state index contributed by atoms with van der Waals surface area (Å²) in [6, 6.07) is 12.4. The van der Waals surface area contributed by atoms with Gasteiger partial charge in [0.25, 0.3) is 0 Å². The Kier molecular flexibility index (Phi) is 5.17. The molecule has 176 valence electrons. The predicted octanol–water partition coefficient (Wildman–Crippen LogP) is 9.69. The summed E-state index contributed by atoms with van der Waals surface area (Å²) in [5.41, 5.74) is 2.93. The molecule has 0 N–H and O–H groups in total. The normalized spacial score (nSPS) is 12.1. The van der Waals surface area contributed by atoms with E-state index in [1.807, 2.05) is 25.1 Å². The number of aryl methyl sites for hydroxylation is 5. The Balaban J connectivity index is 1.39. The van der Waals surface area contributed by atoms with Gasteiger partial charge in [0.1, 0.15) is 23.3 Å². The SMILES string of the molecule is Cc1ccc2c(sc3c(F)c(CCc4ccc5c(sc6c(F)c(C)cc(C)c65)c4F)ccc32)c1F. The number of hydrogen-bond acceptors (Lipinski definition) is 2. The zero-order valence-electron chi connectivity index (χ0n) is 19.3. The van der Waals surface area contributed by atoms with Crippen LogP contribution in [0.1, 0.15) is 27.8 Å². The molecule has 35 heavy (non-hydrogen) atoms. The molecule has 0 spiro atoms. The predicted molar refractivity (Wildman–Crippen MR) is 140 cm³/mol. The molecule has 0 saturated heterocycles. The highest BCUT2D eigenvalue weighted by Crippen LogP contribution is 2.41. The largest absolute Gasteiger partial charge is 0.205 e. The average Bonchev–Trinajstić information content (AvgIpc) is 3.41. The molecule has 0 fully saturated rings. The number of halogens is 4. The van der Waals surface area contributed by atoms with E-state index in [9.17, 15) is 8.78 Å². The first-order valence-electron chi connectivity index (χ1n) is 11.3. The summed E-state index contributed by atoms with van der Waals surface area (Å²) < 4.78 is 62.0. The van der Waals surface area contributed by atoms with Crippen LogP contribution in [0.25, 0.3) is 40.3 Å². The van der Waals surface area contributed by atoms with Crippen LogP contribution < -0.4 is 0 Å². The highest BCUT2D eigenvalue weighted by molar-refractivity contribution is 7.26. The van der Waals surface area contributed by atoms with Crippen LogP contribution in [-0.2, 0) is 12.8 Å². The molecule has 0 aliphatic rings. The fourth-order valence-electron chi connectivity index (χ4n) is 4.99. The molecule has 0 atom stereocenters. The van der Waals surface area contributed by atoms with Crippen LogP contribution in [0.15, 0.2) is 42.5 Å². The molecule has 6 heteroatoms. The molecule has 0 nitrogen and oxygen atoms in total. The van der Waals surface area contributed by atoms with Crippen LogP contribution in [0.5, 0.6) is 0 Å². The maximum Gasteiger partial charge on any atom is 0.144 e. The van der Waals surface area contributed by atoms with Gasteiger partial charge in [-0.15, -0.1) is 22.7 Å². The maximum atomic E-state index is 15.5. The Morgan fingerprint density at radius 1 is 0.514 bits per heavy atom. The van der Waals surface area contributed by atoms with Crippen molar-refractivity contribution in [1.82, 2.24) is 0 Å². The summed E-state index contributed by atoms with van der Waals surface area (Å²) in [5, 5.41) is 2.86. The zero-order chi connectivity index (χ0) is 24.6. The van der Waals surface area contributed by atoms with Gasteiger partial charge >= 0.3 is 0 Å². The fourth-order valence-corrected chi connectivity index (χ4v) is 7.57. The lowest BCUT2D eigenvalue weighted by Crippen LogP contribution is -1.97. The molecule has 0 radical (unpaired) electrons. The van der Waals surface area contributed by atoms with E-state index in [1.54, 1.807) is 38.1 Å². The Morgan fingerprint density at radius 2 is 1.00 bits per heavy atom. The standard InChI is InChI=1S/C29H20F4S2/c1-13-4-9-18-19-10-7-16(24(32)27(19)34-26(18)22(13)30)5-6-17-8-11-20-21-14(2)12-15(3)23(31)29(21)35-28(20)25(17)33/h4,7-12H,5-6H2,1-3H3. The third-order valence-electron chi connectivity index (χ3n) is 6.88. The Morgan fingerprint density at radius 3 is 1.66 bits per heavy atom.